The van der Waals surface area contributed by atoms with Gasteiger partial charge in [-0.3, -0.25) is 14.4 Å². The number of anilines is 1. The molecule has 0 spiro atoms. The van der Waals surface area contributed by atoms with Crippen LogP contribution in [0.2, 0.25) is 5.02 Å². The lowest BCUT2D eigenvalue weighted by Gasteiger charge is -2.26. The zero-order valence-electron chi connectivity index (χ0n) is 18.6. The Morgan fingerprint density at radius 1 is 0.971 bits per heavy atom. The molecule has 3 aromatic carbocycles. The summed E-state index contributed by atoms with van der Waals surface area (Å²) in [5.74, 6) is -2.27. The number of rotatable bonds is 5. The third-order valence-corrected chi connectivity index (χ3v) is 6.57. The highest BCUT2D eigenvalue weighted by atomic mass is 35.5. The lowest BCUT2D eigenvalue weighted by atomic mass is 9.88. The van der Waals surface area contributed by atoms with Crippen molar-refractivity contribution in [3.05, 3.63) is 99.6 Å². The van der Waals surface area contributed by atoms with Gasteiger partial charge in [0.25, 0.3) is 17.7 Å². The molecule has 35 heavy (non-hydrogen) atoms. The van der Waals surface area contributed by atoms with Crippen LogP contribution in [-0.4, -0.2) is 30.3 Å². The van der Waals surface area contributed by atoms with Crippen LogP contribution in [0.4, 0.5) is 5.69 Å². The number of para-hydroxylation sites is 1. The molecule has 1 unspecified atom stereocenters. The molecule has 1 aliphatic heterocycles. The fourth-order valence-corrected chi connectivity index (χ4v) is 4.79. The summed E-state index contributed by atoms with van der Waals surface area (Å²) in [6.45, 7) is -0.451. The second kappa shape index (κ2) is 9.35. The van der Waals surface area contributed by atoms with Gasteiger partial charge in [-0.1, -0.05) is 48.0 Å². The quantitative estimate of drug-likeness (QED) is 0.422. The van der Waals surface area contributed by atoms with Crippen LogP contribution in [-0.2, 0) is 16.0 Å². The van der Waals surface area contributed by atoms with Gasteiger partial charge in [-0.05, 0) is 60.7 Å². The maximum absolute atomic E-state index is 13.0. The summed E-state index contributed by atoms with van der Waals surface area (Å²) in [5, 5.41) is 3.19. The maximum atomic E-state index is 13.0. The Morgan fingerprint density at radius 3 is 2.54 bits per heavy atom. The van der Waals surface area contributed by atoms with Crippen molar-refractivity contribution in [1.29, 1.82) is 0 Å². The van der Waals surface area contributed by atoms with E-state index in [2.05, 4.69) is 11.4 Å². The van der Waals surface area contributed by atoms with Crippen molar-refractivity contribution < 1.29 is 23.9 Å². The average molecular weight is 489 g/mol. The fraction of sp³-hybridized carbons (Fsp3) is 0.185. The monoisotopic (exact) mass is 488 g/mol. The number of fused-ring (bicyclic) bond motifs is 2. The normalized spacial score (nSPS) is 16.5. The summed E-state index contributed by atoms with van der Waals surface area (Å²) in [5.41, 5.74) is 2.88. The molecule has 5 rings (SSSR count). The highest BCUT2D eigenvalue weighted by molar-refractivity contribution is 6.39. The molecular weight excluding hydrogens is 468 g/mol. The van der Waals surface area contributed by atoms with E-state index in [1.165, 1.54) is 23.8 Å². The third kappa shape index (κ3) is 4.31. The van der Waals surface area contributed by atoms with E-state index >= 15 is 0 Å². The molecule has 0 bridgehead atoms. The number of hydrogen-bond donors (Lipinski definition) is 1. The van der Waals surface area contributed by atoms with Crippen LogP contribution in [0.15, 0.2) is 66.7 Å². The van der Waals surface area contributed by atoms with Gasteiger partial charge in [0.2, 0.25) is 0 Å². The van der Waals surface area contributed by atoms with Gasteiger partial charge < -0.3 is 10.1 Å². The average Bonchev–Trinajstić information content (AvgIpc) is 3.12. The van der Waals surface area contributed by atoms with Gasteiger partial charge in [-0.2, -0.15) is 0 Å². The minimum Gasteiger partial charge on any atom is -0.452 e. The Hall–Kier alpha value is -3.97. The van der Waals surface area contributed by atoms with E-state index < -0.39 is 30.3 Å². The fourth-order valence-electron chi connectivity index (χ4n) is 4.57. The molecule has 176 valence electrons. The first kappa shape index (κ1) is 22.8. The standard InChI is InChI=1S/C27H21ClN2O5/c28-21-9-3-4-11-23(21)30-25(32)19-13-12-17(14-20(19)26(30)33)27(34)35-15-24(31)29-22-10-5-7-16-6-1-2-8-18(16)22/h1-4,6,8-9,11-14,22H,5,7,10,15H2,(H,29,31). The Kier molecular flexibility index (Phi) is 6.09. The zero-order valence-corrected chi connectivity index (χ0v) is 19.4. The van der Waals surface area contributed by atoms with Crippen molar-refractivity contribution in [3.8, 4) is 0 Å². The van der Waals surface area contributed by atoms with Crippen LogP contribution in [0.3, 0.4) is 0 Å². The molecule has 7 nitrogen and oxygen atoms in total. The molecule has 1 N–H and O–H groups in total. The SMILES string of the molecule is O=C(COC(=O)c1ccc2c(c1)C(=O)N(c1ccccc1Cl)C2=O)NC1CCCc2ccccc21. The van der Waals surface area contributed by atoms with E-state index in [1.807, 2.05) is 18.2 Å². The number of esters is 1. The maximum Gasteiger partial charge on any atom is 0.338 e. The lowest BCUT2D eigenvalue weighted by molar-refractivity contribution is -0.125. The minimum atomic E-state index is -0.761. The molecule has 0 saturated heterocycles. The predicted octanol–water partition coefficient (Wildman–Crippen LogP) is 4.49. The van der Waals surface area contributed by atoms with Crippen LogP contribution in [0.1, 0.15) is 61.1 Å². The summed E-state index contributed by atoms with van der Waals surface area (Å²) in [6, 6.07) is 18.5. The van der Waals surface area contributed by atoms with Crippen molar-refractivity contribution in [3.63, 3.8) is 0 Å². The van der Waals surface area contributed by atoms with E-state index in [9.17, 15) is 19.2 Å². The van der Waals surface area contributed by atoms with Gasteiger partial charge >= 0.3 is 5.97 Å². The number of carbonyl (C=O) groups is 4. The summed E-state index contributed by atoms with van der Waals surface area (Å²) in [7, 11) is 0. The first-order chi connectivity index (χ1) is 16.9. The van der Waals surface area contributed by atoms with Crippen LogP contribution < -0.4 is 10.2 Å². The van der Waals surface area contributed by atoms with Gasteiger partial charge in [0.1, 0.15) is 0 Å². The molecule has 0 radical (unpaired) electrons. The molecule has 8 heteroatoms. The second-order valence-corrected chi connectivity index (χ2v) is 8.85. The van der Waals surface area contributed by atoms with Crippen molar-refractivity contribution >= 4 is 41.0 Å². The third-order valence-electron chi connectivity index (χ3n) is 6.25. The van der Waals surface area contributed by atoms with Crippen LogP contribution in [0, 0.1) is 0 Å². The van der Waals surface area contributed by atoms with Gasteiger partial charge in [0.05, 0.1) is 33.4 Å². The predicted molar refractivity (Wildman–Crippen MR) is 130 cm³/mol. The topological polar surface area (TPSA) is 92.8 Å². The van der Waals surface area contributed by atoms with Gasteiger partial charge in [-0.25, -0.2) is 9.69 Å². The Bertz CT molecular complexity index is 1370. The van der Waals surface area contributed by atoms with E-state index in [4.69, 9.17) is 16.3 Å². The second-order valence-electron chi connectivity index (χ2n) is 8.44. The number of imide groups is 1. The Balaban J connectivity index is 1.25. The smallest absolute Gasteiger partial charge is 0.338 e. The summed E-state index contributed by atoms with van der Waals surface area (Å²) < 4.78 is 5.19. The van der Waals surface area contributed by atoms with Crippen LogP contribution in [0.5, 0.6) is 0 Å². The zero-order chi connectivity index (χ0) is 24.5. The van der Waals surface area contributed by atoms with E-state index in [0.717, 1.165) is 29.7 Å². The summed E-state index contributed by atoms with van der Waals surface area (Å²) in [4.78, 5) is 51.8. The minimum absolute atomic E-state index is 0.0710. The number of benzene rings is 3. The number of halogens is 1. The van der Waals surface area contributed by atoms with Gasteiger partial charge in [0.15, 0.2) is 6.61 Å². The molecule has 3 amide bonds. The molecule has 0 aromatic heterocycles. The number of amides is 3. The highest BCUT2D eigenvalue weighted by Crippen LogP contribution is 2.33. The molecule has 3 aromatic rings. The van der Waals surface area contributed by atoms with E-state index in [-0.39, 0.29) is 33.4 Å². The van der Waals surface area contributed by atoms with E-state index in [0.29, 0.717) is 0 Å². The molecule has 1 atom stereocenters. The first-order valence-corrected chi connectivity index (χ1v) is 11.6. The molecule has 0 fully saturated rings. The largest absolute Gasteiger partial charge is 0.452 e. The number of carbonyl (C=O) groups excluding carboxylic acids is 4. The van der Waals surface area contributed by atoms with Crippen molar-refractivity contribution in [1.82, 2.24) is 5.32 Å². The summed E-state index contributed by atoms with van der Waals surface area (Å²) in [6.07, 6.45) is 2.76. The van der Waals surface area contributed by atoms with Crippen molar-refractivity contribution in [2.75, 3.05) is 11.5 Å². The van der Waals surface area contributed by atoms with Crippen molar-refractivity contribution in [2.45, 2.75) is 25.3 Å². The van der Waals surface area contributed by atoms with Crippen LogP contribution in [0.25, 0.3) is 0 Å². The van der Waals surface area contributed by atoms with Crippen molar-refractivity contribution in [2.24, 2.45) is 0 Å². The van der Waals surface area contributed by atoms with E-state index in [1.54, 1.807) is 24.3 Å². The molecule has 1 heterocycles. The summed E-state index contributed by atoms with van der Waals surface area (Å²) >= 11 is 6.17. The number of nitrogens with one attached hydrogen (secondary N) is 1. The molecule has 0 saturated carbocycles. The Labute approximate surface area is 206 Å². The first-order valence-electron chi connectivity index (χ1n) is 11.3. The lowest BCUT2D eigenvalue weighted by Crippen LogP contribution is -2.34. The number of nitrogens with zero attached hydrogens (tertiary/aromatic N) is 1. The molecular formula is C27H21ClN2O5. The van der Waals surface area contributed by atoms with Gasteiger partial charge in [0, 0.05) is 0 Å². The Morgan fingerprint density at radius 2 is 1.71 bits per heavy atom. The number of ether oxygens (including phenoxy) is 1. The molecule has 1 aliphatic carbocycles. The number of hydrogen-bond acceptors (Lipinski definition) is 5. The molecule has 2 aliphatic rings. The highest BCUT2D eigenvalue weighted by Gasteiger charge is 2.38. The number of aryl methyl sites for hydroxylation is 1. The van der Waals surface area contributed by atoms with Gasteiger partial charge in [-0.15, -0.1) is 0 Å². The van der Waals surface area contributed by atoms with Crippen LogP contribution >= 0.6 is 11.6 Å².